The number of benzene rings is 1. The molecule has 2 aliphatic rings. The normalized spacial score (nSPS) is 23.4. The van der Waals surface area contributed by atoms with Crippen molar-refractivity contribution >= 4 is 0 Å². The molecular weight excluding hydrogens is 236 g/mol. The molecular formula is C16H24N2O. The molecule has 1 aromatic rings. The summed E-state index contributed by atoms with van der Waals surface area (Å²) in [6.45, 7) is 4.59. The molecule has 3 nitrogen and oxygen atoms in total. The van der Waals surface area contributed by atoms with Crippen LogP contribution in [-0.4, -0.2) is 38.2 Å². The van der Waals surface area contributed by atoms with Gasteiger partial charge in [-0.05, 0) is 30.5 Å². The maximum Gasteiger partial charge on any atom is 0.118 e. The van der Waals surface area contributed by atoms with Gasteiger partial charge < -0.3 is 10.1 Å². The summed E-state index contributed by atoms with van der Waals surface area (Å²) in [7, 11) is 1.73. The van der Waals surface area contributed by atoms with Crippen molar-refractivity contribution in [2.24, 2.45) is 0 Å². The minimum absolute atomic E-state index is 0.286. The second-order valence-electron chi connectivity index (χ2n) is 5.70. The minimum Gasteiger partial charge on any atom is -0.497 e. The molecule has 19 heavy (non-hydrogen) atoms. The molecule has 1 aliphatic heterocycles. The van der Waals surface area contributed by atoms with Crippen LogP contribution in [0.2, 0.25) is 0 Å². The van der Waals surface area contributed by atoms with E-state index in [2.05, 4.69) is 34.5 Å². The van der Waals surface area contributed by atoms with Crippen molar-refractivity contribution in [3.63, 3.8) is 0 Å². The monoisotopic (exact) mass is 260 g/mol. The summed E-state index contributed by atoms with van der Waals surface area (Å²) >= 11 is 0. The Labute approximate surface area is 115 Å². The number of ether oxygens (including phenoxy) is 1. The van der Waals surface area contributed by atoms with Gasteiger partial charge in [0.15, 0.2) is 0 Å². The fraction of sp³-hybridized carbons (Fsp3) is 0.625. The quantitative estimate of drug-likeness (QED) is 0.903. The highest BCUT2D eigenvalue weighted by Gasteiger charge is 2.41. The zero-order chi connectivity index (χ0) is 13.1. The first-order valence-corrected chi connectivity index (χ1v) is 7.45. The van der Waals surface area contributed by atoms with Gasteiger partial charge in [-0.3, -0.25) is 4.90 Å². The fourth-order valence-electron chi connectivity index (χ4n) is 3.74. The maximum absolute atomic E-state index is 5.29. The van der Waals surface area contributed by atoms with E-state index in [0.717, 1.165) is 18.8 Å². The van der Waals surface area contributed by atoms with Crippen molar-refractivity contribution in [1.29, 1.82) is 0 Å². The van der Waals surface area contributed by atoms with Crippen molar-refractivity contribution in [3.05, 3.63) is 29.8 Å². The second-order valence-corrected chi connectivity index (χ2v) is 5.70. The average molecular weight is 260 g/mol. The SMILES string of the molecule is COc1ccc(C2(N3CCNCC3)CCCC2)cc1. The minimum atomic E-state index is 0.286. The third-order valence-electron chi connectivity index (χ3n) is 4.78. The number of piperazine rings is 1. The van der Waals surface area contributed by atoms with Gasteiger partial charge in [0.25, 0.3) is 0 Å². The molecule has 3 rings (SSSR count). The Bertz CT molecular complexity index is 403. The maximum atomic E-state index is 5.29. The van der Waals surface area contributed by atoms with E-state index in [1.807, 2.05) is 0 Å². The summed E-state index contributed by atoms with van der Waals surface area (Å²) in [5, 5.41) is 3.46. The van der Waals surface area contributed by atoms with Crippen LogP contribution in [0, 0.1) is 0 Å². The van der Waals surface area contributed by atoms with Crippen LogP contribution >= 0.6 is 0 Å². The summed E-state index contributed by atoms with van der Waals surface area (Å²) < 4.78 is 5.29. The van der Waals surface area contributed by atoms with Gasteiger partial charge in [0.05, 0.1) is 7.11 Å². The lowest BCUT2D eigenvalue weighted by Gasteiger charge is -2.44. The average Bonchev–Trinajstić information content (AvgIpc) is 2.99. The molecule has 1 N–H and O–H groups in total. The van der Waals surface area contributed by atoms with Gasteiger partial charge in [-0.15, -0.1) is 0 Å². The van der Waals surface area contributed by atoms with Gasteiger partial charge in [0.1, 0.15) is 5.75 Å². The molecule has 3 heteroatoms. The van der Waals surface area contributed by atoms with Crippen LogP contribution in [0.1, 0.15) is 31.2 Å². The molecule has 0 radical (unpaired) electrons. The molecule has 104 valence electrons. The van der Waals surface area contributed by atoms with Gasteiger partial charge in [-0.1, -0.05) is 25.0 Å². The molecule has 0 atom stereocenters. The Morgan fingerprint density at radius 1 is 1.05 bits per heavy atom. The smallest absolute Gasteiger partial charge is 0.118 e. The Morgan fingerprint density at radius 2 is 1.68 bits per heavy atom. The highest BCUT2D eigenvalue weighted by Crippen LogP contribution is 2.44. The van der Waals surface area contributed by atoms with Crippen LogP contribution < -0.4 is 10.1 Å². The van der Waals surface area contributed by atoms with E-state index in [4.69, 9.17) is 4.74 Å². The van der Waals surface area contributed by atoms with Gasteiger partial charge in [-0.2, -0.15) is 0 Å². The zero-order valence-corrected chi connectivity index (χ0v) is 11.8. The van der Waals surface area contributed by atoms with Crippen LogP contribution in [0.5, 0.6) is 5.75 Å². The Balaban J connectivity index is 1.89. The molecule has 0 aromatic heterocycles. The number of hydrogen-bond donors (Lipinski definition) is 1. The van der Waals surface area contributed by atoms with Gasteiger partial charge in [-0.25, -0.2) is 0 Å². The highest BCUT2D eigenvalue weighted by atomic mass is 16.5. The van der Waals surface area contributed by atoms with Crippen LogP contribution in [0.4, 0.5) is 0 Å². The van der Waals surface area contributed by atoms with E-state index in [9.17, 15) is 0 Å². The molecule has 1 saturated carbocycles. The van der Waals surface area contributed by atoms with E-state index in [1.165, 1.54) is 44.3 Å². The summed E-state index contributed by atoms with van der Waals surface area (Å²) in [5.74, 6) is 0.956. The van der Waals surface area contributed by atoms with Crippen molar-refractivity contribution in [2.75, 3.05) is 33.3 Å². The van der Waals surface area contributed by atoms with Crippen LogP contribution in [0.25, 0.3) is 0 Å². The topological polar surface area (TPSA) is 24.5 Å². The summed E-state index contributed by atoms with van der Waals surface area (Å²) in [6.07, 6.45) is 5.32. The third kappa shape index (κ3) is 2.37. The summed E-state index contributed by atoms with van der Waals surface area (Å²) in [5.41, 5.74) is 1.77. The predicted octanol–water partition coefficient (Wildman–Crippen LogP) is 2.37. The standard InChI is InChI=1S/C16H24N2O/c1-19-15-6-4-14(5-7-15)16(8-2-3-9-16)18-12-10-17-11-13-18/h4-7,17H,2-3,8-13H2,1H3. The van der Waals surface area contributed by atoms with Gasteiger partial charge in [0, 0.05) is 31.7 Å². The number of methoxy groups -OCH3 is 1. The first-order valence-electron chi connectivity index (χ1n) is 7.45. The zero-order valence-electron chi connectivity index (χ0n) is 11.8. The largest absolute Gasteiger partial charge is 0.497 e. The first kappa shape index (κ1) is 12.9. The predicted molar refractivity (Wildman–Crippen MR) is 77.6 cm³/mol. The first-order chi connectivity index (χ1) is 9.35. The Hall–Kier alpha value is -1.06. The molecule has 1 heterocycles. The lowest BCUT2D eigenvalue weighted by atomic mass is 9.85. The molecule has 1 aromatic carbocycles. The van der Waals surface area contributed by atoms with Crippen molar-refractivity contribution in [1.82, 2.24) is 10.2 Å². The molecule has 1 aliphatic carbocycles. The fourth-order valence-corrected chi connectivity index (χ4v) is 3.74. The molecule has 0 bridgehead atoms. The Morgan fingerprint density at radius 3 is 2.26 bits per heavy atom. The van der Waals surface area contributed by atoms with E-state index in [-0.39, 0.29) is 5.54 Å². The molecule has 0 unspecified atom stereocenters. The van der Waals surface area contributed by atoms with Crippen LogP contribution in [0.3, 0.4) is 0 Å². The third-order valence-corrected chi connectivity index (χ3v) is 4.78. The van der Waals surface area contributed by atoms with Gasteiger partial charge >= 0.3 is 0 Å². The molecule has 0 amide bonds. The summed E-state index contributed by atoms with van der Waals surface area (Å²) in [4.78, 5) is 2.71. The van der Waals surface area contributed by atoms with Crippen LogP contribution in [0.15, 0.2) is 24.3 Å². The molecule has 1 saturated heterocycles. The van der Waals surface area contributed by atoms with E-state index >= 15 is 0 Å². The van der Waals surface area contributed by atoms with Crippen molar-refractivity contribution in [3.8, 4) is 5.75 Å². The highest BCUT2D eigenvalue weighted by molar-refractivity contribution is 5.33. The number of nitrogens with one attached hydrogen (secondary N) is 1. The lowest BCUT2D eigenvalue weighted by molar-refractivity contribution is 0.0757. The Kier molecular flexibility index (Phi) is 3.76. The van der Waals surface area contributed by atoms with Crippen molar-refractivity contribution in [2.45, 2.75) is 31.2 Å². The summed E-state index contributed by atoms with van der Waals surface area (Å²) in [6, 6.07) is 8.76. The number of nitrogens with zero attached hydrogens (tertiary/aromatic N) is 1. The van der Waals surface area contributed by atoms with Crippen molar-refractivity contribution < 1.29 is 4.74 Å². The van der Waals surface area contributed by atoms with Gasteiger partial charge in [0.2, 0.25) is 0 Å². The number of hydrogen-bond acceptors (Lipinski definition) is 3. The second kappa shape index (κ2) is 5.51. The molecule has 2 fully saturated rings. The molecule has 0 spiro atoms. The van der Waals surface area contributed by atoms with Crippen LogP contribution in [-0.2, 0) is 5.54 Å². The lowest BCUT2D eigenvalue weighted by Crippen LogP contribution is -2.53. The van der Waals surface area contributed by atoms with E-state index < -0.39 is 0 Å². The van der Waals surface area contributed by atoms with E-state index in [0.29, 0.717) is 0 Å². The number of rotatable bonds is 3. The van der Waals surface area contributed by atoms with E-state index in [1.54, 1.807) is 7.11 Å².